The predicted molar refractivity (Wildman–Crippen MR) is 115 cm³/mol. The number of hydrogen-bond donors (Lipinski definition) is 2. The number of ether oxygens (including phenoxy) is 1. The molecule has 3 aromatic rings. The number of benzene rings is 3. The lowest BCUT2D eigenvalue weighted by Gasteiger charge is -2.21. The minimum absolute atomic E-state index is 0.142. The fraction of sp³-hybridized carbons (Fsp3) is 0.208. The highest BCUT2D eigenvalue weighted by Gasteiger charge is 2.22. The van der Waals surface area contributed by atoms with E-state index in [0.29, 0.717) is 11.4 Å². The lowest BCUT2D eigenvalue weighted by Crippen LogP contribution is -2.27. The minimum atomic E-state index is -0.529. The Labute approximate surface area is 166 Å². The normalized spacial score (nSPS) is 11.5. The molecule has 0 saturated carbocycles. The minimum Gasteiger partial charge on any atom is -0.495 e. The summed E-state index contributed by atoms with van der Waals surface area (Å²) in [4.78, 5) is 13.2. The number of hydrogen-bond acceptors (Lipinski definition) is 3. The van der Waals surface area contributed by atoms with Gasteiger partial charge in [-0.15, -0.1) is 0 Å². The van der Waals surface area contributed by atoms with Gasteiger partial charge in [-0.3, -0.25) is 4.79 Å². The summed E-state index contributed by atoms with van der Waals surface area (Å²) in [6, 6.07) is 23.1. The number of carbonyl (C=O) groups is 1. The van der Waals surface area contributed by atoms with Crippen molar-refractivity contribution in [2.45, 2.75) is 26.3 Å². The molecule has 3 aromatic carbocycles. The fourth-order valence-electron chi connectivity index (χ4n) is 3.12. The monoisotopic (exact) mass is 374 g/mol. The summed E-state index contributed by atoms with van der Waals surface area (Å²) in [5.74, 6) is 0.496. The van der Waals surface area contributed by atoms with Crippen LogP contribution in [0.3, 0.4) is 0 Å². The van der Waals surface area contributed by atoms with Gasteiger partial charge in [0.2, 0.25) is 0 Å². The van der Waals surface area contributed by atoms with Gasteiger partial charge in [0.25, 0.3) is 5.91 Å². The predicted octanol–water partition coefficient (Wildman–Crippen LogP) is 5.36. The molecule has 0 saturated heterocycles. The largest absolute Gasteiger partial charge is 0.495 e. The smallest absolute Gasteiger partial charge is 0.251 e. The maximum absolute atomic E-state index is 13.2. The van der Waals surface area contributed by atoms with Gasteiger partial charge in [0.15, 0.2) is 0 Å². The van der Waals surface area contributed by atoms with Crippen molar-refractivity contribution < 1.29 is 9.53 Å². The van der Waals surface area contributed by atoms with Crippen molar-refractivity contribution >= 4 is 17.3 Å². The van der Waals surface area contributed by atoms with E-state index in [4.69, 9.17) is 4.74 Å². The molecule has 1 amide bonds. The highest BCUT2D eigenvalue weighted by Crippen LogP contribution is 2.28. The molecule has 0 aliphatic carbocycles. The Bertz CT molecular complexity index is 938. The first-order valence-corrected chi connectivity index (χ1v) is 9.46. The first kappa shape index (κ1) is 19.5. The third-order valence-electron chi connectivity index (χ3n) is 4.65. The van der Waals surface area contributed by atoms with E-state index in [0.717, 1.165) is 23.2 Å². The standard InChI is InChI=1S/C24H26N2O2/c1-4-18-9-8-12-20(16-18)25-23(19-10-6-5-7-11-19)24(27)26-21-15-17(2)13-14-22(21)28-3/h5-16,23,25H,4H2,1-3H3,(H,26,27). The third-order valence-corrected chi connectivity index (χ3v) is 4.65. The van der Waals surface area contributed by atoms with Crippen molar-refractivity contribution in [2.75, 3.05) is 17.7 Å². The van der Waals surface area contributed by atoms with Crippen LogP contribution in [0.15, 0.2) is 72.8 Å². The van der Waals surface area contributed by atoms with Crippen molar-refractivity contribution in [1.29, 1.82) is 0 Å². The molecule has 3 rings (SSSR count). The average molecular weight is 374 g/mol. The van der Waals surface area contributed by atoms with Gasteiger partial charge in [0.1, 0.15) is 11.8 Å². The molecule has 0 aliphatic heterocycles. The zero-order valence-corrected chi connectivity index (χ0v) is 16.5. The Morgan fingerprint density at radius 2 is 1.79 bits per heavy atom. The van der Waals surface area contributed by atoms with Crippen LogP contribution >= 0.6 is 0 Å². The summed E-state index contributed by atoms with van der Waals surface area (Å²) in [6.45, 7) is 4.10. The van der Waals surface area contributed by atoms with Crippen LogP contribution in [-0.4, -0.2) is 13.0 Å². The quantitative estimate of drug-likeness (QED) is 0.585. The van der Waals surface area contributed by atoms with Crippen molar-refractivity contribution in [2.24, 2.45) is 0 Å². The van der Waals surface area contributed by atoms with Gasteiger partial charge in [-0.1, -0.05) is 55.5 Å². The molecular weight excluding hydrogens is 348 g/mol. The molecule has 0 fully saturated rings. The van der Waals surface area contributed by atoms with Gasteiger partial charge < -0.3 is 15.4 Å². The second-order valence-corrected chi connectivity index (χ2v) is 6.73. The van der Waals surface area contributed by atoms with Gasteiger partial charge in [-0.2, -0.15) is 0 Å². The molecule has 0 radical (unpaired) electrons. The van der Waals surface area contributed by atoms with Gasteiger partial charge in [-0.05, 0) is 54.3 Å². The molecule has 0 heterocycles. The maximum Gasteiger partial charge on any atom is 0.251 e. The Morgan fingerprint density at radius 1 is 1.00 bits per heavy atom. The van der Waals surface area contributed by atoms with Gasteiger partial charge in [-0.25, -0.2) is 0 Å². The Morgan fingerprint density at radius 3 is 2.50 bits per heavy atom. The molecule has 0 bridgehead atoms. The van der Waals surface area contributed by atoms with Crippen LogP contribution in [-0.2, 0) is 11.2 Å². The third kappa shape index (κ3) is 4.71. The first-order chi connectivity index (χ1) is 13.6. The van der Waals surface area contributed by atoms with E-state index in [9.17, 15) is 4.79 Å². The second kappa shape index (κ2) is 9.09. The number of carbonyl (C=O) groups excluding carboxylic acids is 1. The highest BCUT2D eigenvalue weighted by molar-refractivity contribution is 5.98. The second-order valence-electron chi connectivity index (χ2n) is 6.73. The Balaban J connectivity index is 1.90. The van der Waals surface area contributed by atoms with E-state index in [1.807, 2.05) is 67.6 Å². The van der Waals surface area contributed by atoms with Crippen LogP contribution in [0.25, 0.3) is 0 Å². The van der Waals surface area contributed by atoms with Crippen LogP contribution in [0.1, 0.15) is 29.7 Å². The van der Waals surface area contributed by atoms with Gasteiger partial charge in [0, 0.05) is 5.69 Å². The number of amides is 1. The maximum atomic E-state index is 13.2. The topological polar surface area (TPSA) is 50.4 Å². The number of methoxy groups -OCH3 is 1. The molecule has 2 N–H and O–H groups in total. The SMILES string of the molecule is CCc1cccc(NC(C(=O)Nc2cc(C)ccc2OC)c2ccccc2)c1. The first-order valence-electron chi connectivity index (χ1n) is 9.46. The molecule has 0 spiro atoms. The molecule has 4 heteroatoms. The van der Waals surface area contributed by atoms with Gasteiger partial charge in [0.05, 0.1) is 12.8 Å². The Kier molecular flexibility index (Phi) is 6.33. The molecule has 4 nitrogen and oxygen atoms in total. The Hall–Kier alpha value is -3.27. The summed E-state index contributed by atoms with van der Waals surface area (Å²) >= 11 is 0. The van der Waals surface area contributed by atoms with E-state index in [1.54, 1.807) is 7.11 Å². The average Bonchev–Trinajstić information content (AvgIpc) is 2.73. The van der Waals surface area contributed by atoms with E-state index < -0.39 is 6.04 Å². The van der Waals surface area contributed by atoms with Crippen LogP contribution in [0.4, 0.5) is 11.4 Å². The summed E-state index contributed by atoms with van der Waals surface area (Å²) in [5.41, 5.74) is 4.75. The van der Waals surface area contributed by atoms with Crippen LogP contribution in [0.5, 0.6) is 5.75 Å². The van der Waals surface area contributed by atoms with E-state index in [2.05, 4.69) is 29.7 Å². The molecule has 1 atom stereocenters. The number of anilines is 2. The van der Waals surface area contributed by atoms with Crippen LogP contribution < -0.4 is 15.4 Å². The summed E-state index contributed by atoms with van der Waals surface area (Å²) in [5, 5.41) is 6.41. The fourth-order valence-corrected chi connectivity index (χ4v) is 3.12. The molecule has 28 heavy (non-hydrogen) atoms. The molecular formula is C24H26N2O2. The molecule has 0 aromatic heterocycles. The molecule has 144 valence electrons. The van der Waals surface area contributed by atoms with E-state index in [1.165, 1.54) is 5.56 Å². The lowest BCUT2D eigenvalue weighted by molar-refractivity contribution is -0.117. The zero-order valence-electron chi connectivity index (χ0n) is 16.5. The van der Waals surface area contributed by atoms with E-state index in [-0.39, 0.29) is 5.91 Å². The van der Waals surface area contributed by atoms with Crippen molar-refractivity contribution in [3.05, 3.63) is 89.5 Å². The molecule has 0 aliphatic rings. The highest BCUT2D eigenvalue weighted by atomic mass is 16.5. The van der Waals surface area contributed by atoms with Crippen molar-refractivity contribution in [3.63, 3.8) is 0 Å². The van der Waals surface area contributed by atoms with Gasteiger partial charge >= 0.3 is 0 Å². The number of aryl methyl sites for hydroxylation is 2. The summed E-state index contributed by atoms with van der Waals surface area (Å²) in [6.07, 6.45) is 0.943. The van der Waals surface area contributed by atoms with Crippen molar-refractivity contribution in [1.82, 2.24) is 0 Å². The molecule has 1 unspecified atom stereocenters. The van der Waals surface area contributed by atoms with E-state index >= 15 is 0 Å². The van der Waals surface area contributed by atoms with Crippen LogP contribution in [0, 0.1) is 6.92 Å². The van der Waals surface area contributed by atoms with Crippen molar-refractivity contribution in [3.8, 4) is 5.75 Å². The number of rotatable bonds is 7. The summed E-state index contributed by atoms with van der Waals surface area (Å²) < 4.78 is 5.40. The van der Waals surface area contributed by atoms with Crippen LogP contribution in [0.2, 0.25) is 0 Å². The summed E-state index contributed by atoms with van der Waals surface area (Å²) in [7, 11) is 1.60. The zero-order chi connectivity index (χ0) is 19.9. The lowest BCUT2D eigenvalue weighted by atomic mass is 10.0. The number of nitrogens with one attached hydrogen (secondary N) is 2.